The van der Waals surface area contributed by atoms with Crippen molar-refractivity contribution in [3.05, 3.63) is 12.2 Å². The normalized spacial score (nSPS) is 22.8. The number of hydrogen-bond donors (Lipinski definition) is 2. The number of β-amino-alcohol motifs (C(OH)–C–C–N with tert-alkyl or cyclic N) is 1. The van der Waals surface area contributed by atoms with E-state index in [-0.39, 0.29) is 18.2 Å². The second-order valence-electron chi connectivity index (χ2n) is 5.93. The Morgan fingerprint density at radius 1 is 1.43 bits per heavy atom. The van der Waals surface area contributed by atoms with Gasteiger partial charge in [0.15, 0.2) is 0 Å². The van der Waals surface area contributed by atoms with Gasteiger partial charge in [0, 0.05) is 39.2 Å². The quantitative estimate of drug-likeness (QED) is 0.676. The van der Waals surface area contributed by atoms with Gasteiger partial charge in [-0.15, -0.1) is 0 Å². The number of likely N-dealkylation sites (N-methyl/N-ethyl adjacent to an activating group) is 1. The summed E-state index contributed by atoms with van der Waals surface area (Å²) >= 11 is 0. The van der Waals surface area contributed by atoms with Gasteiger partial charge in [-0.2, -0.15) is 0 Å². The minimum atomic E-state index is -0.949. The molecule has 21 heavy (non-hydrogen) atoms. The Morgan fingerprint density at radius 3 is 2.76 bits per heavy atom. The van der Waals surface area contributed by atoms with Crippen molar-refractivity contribution in [1.82, 2.24) is 15.1 Å². The molecule has 1 aliphatic rings. The maximum absolute atomic E-state index is 12.1. The Labute approximate surface area is 126 Å². The van der Waals surface area contributed by atoms with Crippen LogP contribution in [0, 0.1) is 0 Å². The van der Waals surface area contributed by atoms with E-state index in [0.717, 1.165) is 6.42 Å². The molecule has 0 radical (unpaired) electrons. The van der Waals surface area contributed by atoms with Gasteiger partial charge in [0.05, 0.1) is 5.60 Å². The van der Waals surface area contributed by atoms with Gasteiger partial charge < -0.3 is 20.2 Å². The Bertz CT molecular complexity index is 396. The molecule has 2 amide bonds. The summed E-state index contributed by atoms with van der Waals surface area (Å²) in [5, 5.41) is 13.1. The molecule has 1 unspecified atom stereocenters. The summed E-state index contributed by atoms with van der Waals surface area (Å²) in [4.78, 5) is 27.0. The number of nitrogens with zero attached hydrogens (tertiary/aromatic N) is 2. The predicted octanol–water partition coefficient (Wildman–Crippen LogP) is -0.0161. The second-order valence-corrected chi connectivity index (χ2v) is 5.93. The molecule has 6 nitrogen and oxygen atoms in total. The summed E-state index contributed by atoms with van der Waals surface area (Å²) in [5.41, 5.74) is -0.949. The Hall–Kier alpha value is -1.40. The maximum Gasteiger partial charge on any atom is 0.246 e. The van der Waals surface area contributed by atoms with E-state index in [4.69, 9.17) is 0 Å². The molecule has 0 aliphatic carbocycles. The predicted molar refractivity (Wildman–Crippen MR) is 81.8 cm³/mol. The van der Waals surface area contributed by atoms with Crippen molar-refractivity contribution >= 4 is 11.8 Å². The van der Waals surface area contributed by atoms with Gasteiger partial charge in [0.2, 0.25) is 11.8 Å². The smallest absolute Gasteiger partial charge is 0.246 e. The fourth-order valence-electron chi connectivity index (χ4n) is 2.45. The molecule has 0 aromatic rings. The first kappa shape index (κ1) is 17.7. The van der Waals surface area contributed by atoms with Gasteiger partial charge >= 0.3 is 0 Å². The maximum atomic E-state index is 12.1. The fraction of sp³-hybridized carbons (Fsp3) is 0.733. The molecular formula is C15H27N3O3. The van der Waals surface area contributed by atoms with E-state index in [1.165, 1.54) is 0 Å². The third-order valence-corrected chi connectivity index (χ3v) is 3.69. The number of carbonyl (C=O) groups excluding carboxylic acids is 2. The number of hydrogen-bond acceptors (Lipinski definition) is 4. The van der Waals surface area contributed by atoms with Crippen LogP contribution in [0.4, 0.5) is 0 Å². The van der Waals surface area contributed by atoms with Crippen molar-refractivity contribution < 1.29 is 14.7 Å². The lowest BCUT2D eigenvalue weighted by Crippen LogP contribution is -2.50. The van der Waals surface area contributed by atoms with Gasteiger partial charge in [-0.25, -0.2) is 0 Å². The number of amides is 2. The van der Waals surface area contributed by atoms with E-state index in [2.05, 4.69) is 5.32 Å². The second kappa shape index (κ2) is 8.14. The Kier molecular flexibility index (Phi) is 6.84. The molecule has 1 heterocycles. The average molecular weight is 297 g/mol. The van der Waals surface area contributed by atoms with Crippen LogP contribution in [-0.4, -0.2) is 73.1 Å². The minimum absolute atomic E-state index is 0.0741. The molecule has 0 spiro atoms. The first-order valence-corrected chi connectivity index (χ1v) is 7.39. The summed E-state index contributed by atoms with van der Waals surface area (Å²) < 4.78 is 0. The van der Waals surface area contributed by atoms with Crippen LogP contribution in [-0.2, 0) is 9.59 Å². The lowest BCUT2D eigenvalue weighted by Gasteiger charge is -2.38. The fourth-order valence-corrected chi connectivity index (χ4v) is 2.45. The Morgan fingerprint density at radius 2 is 2.14 bits per heavy atom. The van der Waals surface area contributed by atoms with Gasteiger partial charge in [-0.3, -0.25) is 9.59 Å². The van der Waals surface area contributed by atoms with Crippen molar-refractivity contribution in [2.75, 3.05) is 40.8 Å². The minimum Gasteiger partial charge on any atom is -0.388 e. The van der Waals surface area contributed by atoms with Crippen LogP contribution >= 0.6 is 0 Å². The molecule has 0 aromatic heterocycles. The molecule has 2 N–H and O–H groups in total. The largest absolute Gasteiger partial charge is 0.388 e. The van der Waals surface area contributed by atoms with Crippen LogP contribution in [0.5, 0.6) is 0 Å². The summed E-state index contributed by atoms with van der Waals surface area (Å²) in [6, 6.07) is 0. The summed E-state index contributed by atoms with van der Waals surface area (Å²) in [6.45, 7) is 1.67. The molecule has 1 saturated heterocycles. The van der Waals surface area contributed by atoms with E-state index in [1.807, 2.05) is 25.1 Å². The lowest BCUT2D eigenvalue weighted by molar-refractivity contribution is -0.134. The standard InChI is InChI=1S/C15H27N3O3/c1-16-13(19)7-9-15(21)8-5-11-18(12-15)14(20)6-4-10-17(2)3/h4,6,21H,5,7-12H2,1-3H3,(H,16,19). The van der Waals surface area contributed by atoms with Gasteiger partial charge in [0.1, 0.15) is 0 Å². The van der Waals surface area contributed by atoms with Crippen LogP contribution in [0.3, 0.4) is 0 Å². The monoisotopic (exact) mass is 297 g/mol. The number of piperidine rings is 1. The highest BCUT2D eigenvalue weighted by Gasteiger charge is 2.34. The molecule has 6 heteroatoms. The van der Waals surface area contributed by atoms with Gasteiger partial charge in [-0.05, 0) is 33.4 Å². The third kappa shape index (κ3) is 6.27. The molecule has 0 aromatic carbocycles. The number of carbonyl (C=O) groups is 2. The van der Waals surface area contributed by atoms with Crippen LogP contribution in [0.25, 0.3) is 0 Å². The summed E-state index contributed by atoms with van der Waals surface area (Å²) in [6.07, 6.45) is 5.45. The molecular weight excluding hydrogens is 270 g/mol. The summed E-state index contributed by atoms with van der Waals surface area (Å²) in [5.74, 6) is -0.160. The SMILES string of the molecule is CNC(=O)CCC1(O)CCCN(C(=O)C=CCN(C)C)C1. The van der Waals surface area contributed by atoms with Crippen LogP contribution in [0.1, 0.15) is 25.7 Å². The zero-order valence-electron chi connectivity index (χ0n) is 13.3. The van der Waals surface area contributed by atoms with E-state index in [9.17, 15) is 14.7 Å². The molecule has 0 saturated carbocycles. The Balaban J connectivity index is 2.52. The lowest BCUT2D eigenvalue weighted by atomic mass is 9.88. The first-order chi connectivity index (χ1) is 9.86. The van der Waals surface area contributed by atoms with Gasteiger partial charge in [-0.1, -0.05) is 6.08 Å². The van der Waals surface area contributed by atoms with Crippen molar-refractivity contribution in [2.45, 2.75) is 31.3 Å². The van der Waals surface area contributed by atoms with Gasteiger partial charge in [0.25, 0.3) is 0 Å². The molecule has 0 bridgehead atoms. The highest BCUT2D eigenvalue weighted by molar-refractivity contribution is 5.87. The average Bonchev–Trinajstić information content (AvgIpc) is 2.44. The zero-order valence-corrected chi connectivity index (χ0v) is 13.3. The number of nitrogens with one attached hydrogen (secondary N) is 1. The molecule has 1 rings (SSSR count). The number of rotatable bonds is 6. The van der Waals surface area contributed by atoms with Crippen molar-refractivity contribution in [3.63, 3.8) is 0 Å². The topological polar surface area (TPSA) is 72.9 Å². The molecule has 1 fully saturated rings. The number of likely N-dealkylation sites (tertiary alicyclic amines) is 1. The van der Waals surface area contributed by atoms with E-state index in [0.29, 0.717) is 32.5 Å². The third-order valence-electron chi connectivity index (χ3n) is 3.69. The highest BCUT2D eigenvalue weighted by Crippen LogP contribution is 2.26. The molecule has 1 aliphatic heterocycles. The first-order valence-electron chi connectivity index (χ1n) is 7.39. The molecule has 120 valence electrons. The van der Waals surface area contributed by atoms with E-state index in [1.54, 1.807) is 18.0 Å². The zero-order chi connectivity index (χ0) is 15.9. The van der Waals surface area contributed by atoms with Crippen molar-refractivity contribution in [3.8, 4) is 0 Å². The molecule has 1 atom stereocenters. The van der Waals surface area contributed by atoms with Crippen LogP contribution in [0.15, 0.2) is 12.2 Å². The van der Waals surface area contributed by atoms with E-state index >= 15 is 0 Å². The van der Waals surface area contributed by atoms with Crippen molar-refractivity contribution in [2.24, 2.45) is 0 Å². The number of aliphatic hydroxyl groups is 1. The summed E-state index contributed by atoms with van der Waals surface area (Å²) in [7, 11) is 5.46. The van der Waals surface area contributed by atoms with E-state index < -0.39 is 5.60 Å². The highest BCUT2D eigenvalue weighted by atomic mass is 16.3. The van der Waals surface area contributed by atoms with Crippen LogP contribution < -0.4 is 5.32 Å². The van der Waals surface area contributed by atoms with Crippen LogP contribution in [0.2, 0.25) is 0 Å². The van der Waals surface area contributed by atoms with Crippen molar-refractivity contribution in [1.29, 1.82) is 0 Å².